The number of amides is 1. The summed E-state index contributed by atoms with van der Waals surface area (Å²) >= 11 is 0. The fourth-order valence-corrected chi connectivity index (χ4v) is 2.27. The first-order valence-electron chi connectivity index (χ1n) is 6.28. The second kappa shape index (κ2) is 6.38. The van der Waals surface area contributed by atoms with Gasteiger partial charge in [0.05, 0.1) is 11.8 Å². The van der Waals surface area contributed by atoms with Gasteiger partial charge in [-0.1, -0.05) is 24.3 Å². The van der Waals surface area contributed by atoms with E-state index in [4.69, 9.17) is 0 Å². The van der Waals surface area contributed by atoms with Gasteiger partial charge in [0.1, 0.15) is 0 Å². The minimum Gasteiger partial charge on any atom is -0.481 e. The molecule has 2 unspecified atom stereocenters. The van der Waals surface area contributed by atoms with Crippen LogP contribution in [0.25, 0.3) is 0 Å². The number of aliphatic carboxylic acids is 1. The molecule has 4 nitrogen and oxygen atoms in total. The van der Waals surface area contributed by atoms with E-state index in [2.05, 4.69) is 6.58 Å². The highest BCUT2D eigenvalue weighted by Gasteiger charge is 2.35. The molecule has 1 rings (SSSR count). The first-order chi connectivity index (χ1) is 8.47. The number of likely N-dealkylation sites (N-methyl/N-ethyl adjacent to an activating group) is 1. The Kier molecular flexibility index (Phi) is 5.13. The summed E-state index contributed by atoms with van der Waals surface area (Å²) in [6.45, 7) is 8.65. The van der Waals surface area contributed by atoms with Crippen molar-refractivity contribution in [2.75, 3.05) is 13.1 Å². The molecule has 0 spiro atoms. The van der Waals surface area contributed by atoms with Gasteiger partial charge in [-0.3, -0.25) is 9.59 Å². The third-order valence-electron chi connectivity index (χ3n) is 3.22. The maximum absolute atomic E-state index is 12.4. The van der Waals surface area contributed by atoms with Gasteiger partial charge in [-0.05, 0) is 26.7 Å². The number of allylic oxidation sites excluding steroid dienone is 2. The van der Waals surface area contributed by atoms with Crippen molar-refractivity contribution < 1.29 is 14.7 Å². The Morgan fingerprint density at radius 2 is 1.89 bits per heavy atom. The number of carboxylic acids is 1. The van der Waals surface area contributed by atoms with Crippen LogP contribution in [0, 0.1) is 11.8 Å². The molecule has 1 amide bonds. The zero-order chi connectivity index (χ0) is 13.7. The molecule has 100 valence electrons. The lowest BCUT2D eigenvalue weighted by molar-refractivity contribution is -0.150. The van der Waals surface area contributed by atoms with E-state index in [0.717, 1.165) is 5.57 Å². The summed E-state index contributed by atoms with van der Waals surface area (Å²) in [4.78, 5) is 25.2. The van der Waals surface area contributed by atoms with E-state index < -0.39 is 17.8 Å². The average Bonchev–Trinajstić information content (AvgIpc) is 2.34. The Balaban J connectivity index is 2.82. The summed E-state index contributed by atoms with van der Waals surface area (Å²) in [7, 11) is 0. The van der Waals surface area contributed by atoms with E-state index >= 15 is 0 Å². The summed E-state index contributed by atoms with van der Waals surface area (Å²) in [5.74, 6) is -1.99. The molecule has 1 N–H and O–H groups in total. The van der Waals surface area contributed by atoms with Crippen molar-refractivity contribution in [3.8, 4) is 0 Å². The molecule has 0 fully saturated rings. The number of hydrogen-bond acceptors (Lipinski definition) is 2. The lowest BCUT2D eigenvalue weighted by Crippen LogP contribution is -2.42. The molecule has 1 aliphatic carbocycles. The van der Waals surface area contributed by atoms with Gasteiger partial charge in [-0.2, -0.15) is 0 Å². The van der Waals surface area contributed by atoms with Crippen molar-refractivity contribution >= 4 is 11.9 Å². The number of rotatable bonds is 5. The van der Waals surface area contributed by atoms with Crippen molar-refractivity contribution in [2.24, 2.45) is 11.8 Å². The molecular weight excluding hydrogens is 230 g/mol. The molecule has 18 heavy (non-hydrogen) atoms. The Morgan fingerprint density at radius 1 is 1.33 bits per heavy atom. The van der Waals surface area contributed by atoms with Crippen LogP contribution in [-0.4, -0.2) is 35.0 Å². The molecule has 0 bridgehead atoms. The number of nitrogens with zero attached hydrogens (tertiary/aromatic N) is 1. The highest BCUT2D eigenvalue weighted by Crippen LogP contribution is 2.27. The molecule has 0 radical (unpaired) electrons. The second-order valence-electron chi connectivity index (χ2n) is 4.80. The van der Waals surface area contributed by atoms with Gasteiger partial charge < -0.3 is 10.0 Å². The van der Waals surface area contributed by atoms with Crippen LogP contribution in [0.3, 0.4) is 0 Å². The summed E-state index contributed by atoms with van der Waals surface area (Å²) in [6, 6.07) is 0. The fourth-order valence-electron chi connectivity index (χ4n) is 2.27. The van der Waals surface area contributed by atoms with Crippen molar-refractivity contribution in [3.05, 3.63) is 24.3 Å². The van der Waals surface area contributed by atoms with Crippen molar-refractivity contribution in [1.29, 1.82) is 0 Å². The predicted molar refractivity (Wildman–Crippen MR) is 70.1 cm³/mol. The molecule has 2 atom stereocenters. The van der Waals surface area contributed by atoms with Crippen LogP contribution in [0.2, 0.25) is 0 Å². The highest BCUT2D eigenvalue weighted by atomic mass is 16.4. The normalized spacial score (nSPS) is 22.6. The summed E-state index contributed by atoms with van der Waals surface area (Å²) in [5, 5.41) is 9.17. The molecule has 0 aromatic heterocycles. The van der Waals surface area contributed by atoms with Crippen LogP contribution in [0.4, 0.5) is 0 Å². The van der Waals surface area contributed by atoms with Crippen LogP contribution < -0.4 is 0 Å². The van der Waals surface area contributed by atoms with E-state index in [9.17, 15) is 14.7 Å². The molecule has 0 saturated heterocycles. The monoisotopic (exact) mass is 251 g/mol. The smallest absolute Gasteiger partial charge is 0.307 e. The molecule has 0 aromatic rings. The molecule has 0 heterocycles. The maximum atomic E-state index is 12.4. The molecule has 1 aliphatic rings. The fraction of sp³-hybridized carbons (Fsp3) is 0.571. The van der Waals surface area contributed by atoms with Crippen LogP contribution in [0.1, 0.15) is 26.7 Å². The van der Waals surface area contributed by atoms with Gasteiger partial charge in [0, 0.05) is 13.1 Å². The number of carboxylic acid groups (broad SMARTS) is 1. The second-order valence-corrected chi connectivity index (χ2v) is 4.80. The van der Waals surface area contributed by atoms with Crippen molar-refractivity contribution in [1.82, 2.24) is 4.90 Å². The molecule has 0 saturated carbocycles. The first-order valence-corrected chi connectivity index (χ1v) is 6.28. The lowest BCUT2D eigenvalue weighted by atomic mass is 9.82. The number of carbonyl (C=O) groups excluding carboxylic acids is 1. The largest absolute Gasteiger partial charge is 0.481 e. The topological polar surface area (TPSA) is 57.6 Å². The summed E-state index contributed by atoms with van der Waals surface area (Å²) in [6.07, 6.45) is 4.70. The van der Waals surface area contributed by atoms with Gasteiger partial charge in [0.2, 0.25) is 5.91 Å². The zero-order valence-electron chi connectivity index (χ0n) is 11.1. The summed E-state index contributed by atoms with van der Waals surface area (Å²) in [5.41, 5.74) is 0.906. The van der Waals surface area contributed by atoms with Crippen molar-refractivity contribution in [3.63, 3.8) is 0 Å². The Morgan fingerprint density at radius 3 is 2.33 bits per heavy atom. The minimum atomic E-state index is -0.885. The van der Waals surface area contributed by atoms with Gasteiger partial charge in [-0.25, -0.2) is 0 Å². The van der Waals surface area contributed by atoms with E-state index in [1.54, 1.807) is 4.90 Å². The Labute approximate surface area is 108 Å². The maximum Gasteiger partial charge on any atom is 0.307 e. The van der Waals surface area contributed by atoms with E-state index in [1.165, 1.54) is 0 Å². The van der Waals surface area contributed by atoms with E-state index in [1.807, 2.05) is 26.0 Å². The zero-order valence-corrected chi connectivity index (χ0v) is 11.1. The highest BCUT2D eigenvalue weighted by molar-refractivity contribution is 5.85. The molecular formula is C14H21NO3. The quantitative estimate of drug-likeness (QED) is 0.761. The van der Waals surface area contributed by atoms with E-state index in [-0.39, 0.29) is 5.91 Å². The first kappa shape index (κ1) is 14.5. The lowest BCUT2D eigenvalue weighted by Gasteiger charge is -2.30. The van der Waals surface area contributed by atoms with Crippen LogP contribution in [-0.2, 0) is 9.59 Å². The van der Waals surface area contributed by atoms with Crippen LogP contribution in [0.5, 0.6) is 0 Å². The third-order valence-corrected chi connectivity index (χ3v) is 3.22. The van der Waals surface area contributed by atoms with Crippen LogP contribution in [0.15, 0.2) is 24.3 Å². The predicted octanol–water partition coefficient (Wildman–Crippen LogP) is 2.08. The average molecular weight is 251 g/mol. The minimum absolute atomic E-state index is 0.0720. The van der Waals surface area contributed by atoms with Gasteiger partial charge in [0.25, 0.3) is 0 Å². The molecule has 4 heteroatoms. The van der Waals surface area contributed by atoms with Gasteiger partial charge >= 0.3 is 5.97 Å². The number of carbonyl (C=O) groups is 2. The summed E-state index contributed by atoms with van der Waals surface area (Å²) < 4.78 is 0. The van der Waals surface area contributed by atoms with Crippen LogP contribution >= 0.6 is 0 Å². The van der Waals surface area contributed by atoms with Gasteiger partial charge in [-0.15, -0.1) is 0 Å². The van der Waals surface area contributed by atoms with Gasteiger partial charge in [0.15, 0.2) is 0 Å². The SMILES string of the molecule is C=C(C)CN(CC)C(=O)C1CC=CCC1C(=O)O. The Hall–Kier alpha value is -1.58. The number of hydrogen-bond donors (Lipinski definition) is 1. The third kappa shape index (κ3) is 3.45. The Bertz CT molecular complexity index is 373. The van der Waals surface area contributed by atoms with E-state index in [0.29, 0.717) is 25.9 Å². The molecule has 0 aromatic carbocycles. The van der Waals surface area contributed by atoms with Crippen molar-refractivity contribution in [2.45, 2.75) is 26.7 Å². The standard InChI is InChI=1S/C14H21NO3/c1-4-15(9-10(2)3)13(16)11-7-5-6-8-12(11)14(17)18/h5-6,11-12H,2,4,7-9H2,1,3H3,(H,17,18). The molecule has 0 aliphatic heterocycles.